The molecule has 1 amide bonds. The highest BCUT2D eigenvalue weighted by Crippen LogP contribution is 2.58. The number of rotatable bonds is 3. The first-order chi connectivity index (χ1) is 12.1. The van der Waals surface area contributed by atoms with Crippen LogP contribution in [-0.2, 0) is 4.79 Å². The van der Waals surface area contributed by atoms with Gasteiger partial charge in [-0.15, -0.1) is 0 Å². The number of piperidine rings is 1. The number of anilines is 1. The molecule has 1 aromatic carbocycles. The largest absolute Gasteiger partial charge is 0.370 e. The van der Waals surface area contributed by atoms with Crippen LogP contribution in [-0.4, -0.2) is 42.0 Å². The van der Waals surface area contributed by atoms with E-state index in [0.29, 0.717) is 12.0 Å². The highest BCUT2D eigenvalue weighted by Gasteiger charge is 2.65. The Hall–Kier alpha value is -1.93. The summed E-state index contributed by atoms with van der Waals surface area (Å²) in [5, 5.41) is 13.3. The number of hydrogen-bond donors (Lipinski definition) is 1. The summed E-state index contributed by atoms with van der Waals surface area (Å²) in [5.74, 6) is 0.634. The standard InChI is InChI=1S/C19H21ClN4O/c20-13-2-1-3-14(6-13)23-9-12-8-19(12,10-23)18(25)22-16-7-15-4-5-17(16)24(15)11-21/h1-3,6,12,15-17H,4-5,7-10H2,(H,22,25)/t12-,15-,16+,17+,19-/m0/s1. The third kappa shape index (κ3) is 2.23. The molecule has 0 aromatic heterocycles. The molecule has 6 heteroatoms. The minimum atomic E-state index is -0.234. The number of benzene rings is 1. The molecule has 2 bridgehead atoms. The molecule has 4 aliphatic rings. The van der Waals surface area contributed by atoms with Gasteiger partial charge in [-0.2, -0.15) is 5.26 Å². The van der Waals surface area contributed by atoms with Crippen LogP contribution in [0.15, 0.2) is 24.3 Å². The SMILES string of the molecule is N#CN1[C@H]2CC[C@@H]1[C@H](NC(=O)[C@]13C[C@H]1CN(c1cccc(Cl)c1)C3)C2. The molecule has 1 aromatic rings. The first-order valence-electron chi connectivity index (χ1n) is 9.10. The first kappa shape index (κ1) is 15.3. The average molecular weight is 357 g/mol. The van der Waals surface area contributed by atoms with Crippen molar-refractivity contribution in [2.24, 2.45) is 11.3 Å². The van der Waals surface area contributed by atoms with Crippen molar-refractivity contribution in [3.05, 3.63) is 29.3 Å². The summed E-state index contributed by atoms with van der Waals surface area (Å²) in [6.07, 6.45) is 6.32. The van der Waals surface area contributed by atoms with Crippen LogP contribution in [0.25, 0.3) is 0 Å². The lowest BCUT2D eigenvalue weighted by Crippen LogP contribution is -2.47. The molecule has 0 radical (unpaired) electrons. The third-order valence-electron chi connectivity index (χ3n) is 6.74. The maximum Gasteiger partial charge on any atom is 0.228 e. The fraction of sp³-hybridized carbons (Fsp3) is 0.579. The molecular formula is C19H21ClN4O. The molecule has 0 spiro atoms. The molecule has 1 N–H and O–H groups in total. The quantitative estimate of drug-likeness (QED) is 0.845. The van der Waals surface area contributed by atoms with Gasteiger partial charge in [0.2, 0.25) is 5.91 Å². The molecule has 4 fully saturated rings. The van der Waals surface area contributed by atoms with E-state index < -0.39 is 0 Å². The topological polar surface area (TPSA) is 59.4 Å². The van der Waals surface area contributed by atoms with Crippen LogP contribution < -0.4 is 10.2 Å². The lowest BCUT2D eigenvalue weighted by atomic mass is 9.94. The number of carbonyl (C=O) groups is 1. The van der Waals surface area contributed by atoms with Gasteiger partial charge in [0.05, 0.1) is 17.5 Å². The highest BCUT2D eigenvalue weighted by atomic mass is 35.5. The van der Waals surface area contributed by atoms with E-state index in [4.69, 9.17) is 11.6 Å². The van der Waals surface area contributed by atoms with Gasteiger partial charge in [-0.25, -0.2) is 0 Å². The number of amides is 1. The minimum absolute atomic E-state index is 0.141. The van der Waals surface area contributed by atoms with Crippen molar-refractivity contribution in [1.29, 1.82) is 5.26 Å². The number of nitrogens with one attached hydrogen (secondary N) is 1. The van der Waals surface area contributed by atoms with E-state index in [0.717, 1.165) is 49.5 Å². The van der Waals surface area contributed by atoms with Crippen molar-refractivity contribution in [3.63, 3.8) is 0 Å². The second-order valence-electron chi connectivity index (χ2n) is 8.04. The lowest BCUT2D eigenvalue weighted by molar-refractivity contribution is -0.127. The molecule has 130 valence electrons. The summed E-state index contributed by atoms with van der Waals surface area (Å²) in [4.78, 5) is 17.2. The van der Waals surface area contributed by atoms with E-state index >= 15 is 0 Å². The summed E-state index contributed by atoms with van der Waals surface area (Å²) < 4.78 is 0. The zero-order valence-corrected chi connectivity index (χ0v) is 14.7. The molecule has 5 rings (SSSR count). The zero-order valence-electron chi connectivity index (χ0n) is 14.0. The van der Waals surface area contributed by atoms with Crippen LogP contribution in [0.5, 0.6) is 0 Å². The Labute approximate surface area is 152 Å². The number of fused-ring (bicyclic) bond motifs is 3. The van der Waals surface area contributed by atoms with Crippen molar-refractivity contribution >= 4 is 23.2 Å². The van der Waals surface area contributed by atoms with Gasteiger partial charge in [-0.05, 0) is 49.8 Å². The van der Waals surface area contributed by atoms with Crippen LogP contribution in [0.1, 0.15) is 25.7 Å². The van der Waals surface area contributed by atoms with Crippen LogP contribution in [0, 0.1) is 22.8 Å². The molecule has 5 nitrogen and oxygen atoms in total. The maximum absolute atomic E-state index is 13.0. The van der Waals surface area contributed by atoms with Gasteiger partial charge in [-0.3, -0.25) is 4.79 Å². The Morgan fingerprint density at radius 3 is 3.04 bits per heavy atom. The van der Waals surface area contributed by atoms with Crippen LogP contribution in [0.2, 0.25) is 5.02 Å². The number of halogens is 1. The molecule has 3 saturated heterocycles. The monoisotopic (exact) mass is 356 g/mol. The highest BCUT2D eigenvalue weighted by molar-refractivity contribution is 6.30. The van der Waals surface area contributed by atoms with E-state index in [-0.39, 0.29) is 23.4 Å². The number of nitrogens with zero attached hydrogens (tertiary/aromatic N) is 3. The fourth-order valence-corrected chi connectivity index (χ4v) is 5.50. The van der Waals surface area contributed by atoms with Crippen LogP contribution in [0.4, 0.5) is 5.69 Å². The molecule has 25 heavy (non-hydrogen) atoms. The van der Waals surface area contributed by atoms with E-state index in [2.05, 4.69) is 22.5 Å². The predicted octanol–water partition coefficient (Wildman–Crippen LogP) is 2.37. The summed E-state index contributed by atoms with van der Waals surface area (Å²) >= 11 is 6.11. The number of hydrogen-bond acceptors (Lipinski definition) is 4. The van der Waals surface area contributed by atoms with E-state index in [9.17, 15) is 10.1 Å². The normalized spacial score (nSPS) is 37.8. The Balaban J connectivity index is 1.27. The molecule has 3 aliphatic heterocycles. The van der Waals surface area contributed by atoms with E-state index in [1.54, 1.807) is 0 Å². The number of carbonyl (C=O) groups excluding carboxylic acids is 1. The maximum atomic E-state index is 13.0. The zero-order chi connectivity index (χ0) is 17.2. The Bertz CT molecular complexity index is 777. The second kappa shape index (κ2) is 5.28. The molecule has 3 heterocycles. The first-order valence-corrected chi connectivity index (χ1v) is 9.48. The van der Waals surface area contributed by atoms with Crippen molar-refractivity contribution < 1.29 is 4.79 Å². The van der Waals surface area contributed by atoms with Gasteiger partial charge in [0.1, 0.15) is 0 Å². The summed E-state index contributed by atoms with van der Waals surface area (Å²) in [6.45, 7) is 1.70. The average Bonchev–Trinajstić information content (AvgIpc) is 2.93. The molecule has 0 unspecified atom stereocenters. The van der Waals surface area contributed by atoms with Crippen molar-refractivity contribution in [2.45, 2.75) is 43.8 Å². The van der Waals surface area contributed by atoms with E-state index in [1.807, 2.05) is 23.1 Å². The summed E-state index contributed by atoms with van der Waals surface area (Å²) in [6, 6.07) is 8.54. The van der Waals surface area contributed by atoms with Gasteiger partial charge in [0.15, 0.2) is 6.19 Å². The van der Waals surface area contributed by atoms with Crippen molar-refractivity contribution in [3.8, 4) is 6.19 Å². The third-order valence-corrected chi connectivity index (χ3v) is 6.98. The molecular weight excluding hydrogens is 336 g/mol. The molecule has 1 aliphatic carbocycles. The fourth-order valence-electron chi connectivity index (χ4n) is 5.32. The Morgan fingerprint density at radius 1 is 1.40 bits per heavy atom. The van der Waals surface area contributed by atoms with Gasteiger partial charge in [0, 0.05) is 29.8 Å². The van der Waals surface area contributed by atoms with Crippen LogP contribution >= 0.6 is 11.6 Å². The Kier molecular flexibility index (Phi) is 3.24. The van der Waals surface area contributed by atoms with Gasteiger partial charge in [-0.1, -0.05) is 17.7 Å². The molecule has 5 atom stereocenters. The van der Waals surface area contributed by atoms with Gasteiger partial charge in [0.25, 0.3) is 0 Å². The van der Waals surface area contributed by atoms with Gasteiger partial charge < -0.3 is 15.1 Å². The summed E-state index contributed by atoms with van der Waals surface area (Å²) in [7, 11) is 0. The van der Waals surface area contributed by atoms with Crippen molar-refractivity contribution in [2.75, 3.05) is 18.0 Å². The minimum Gasteiger partial charge on any atom is -0.370 e. The lowest BCUT2D eigenvalue weighted by Gasteiger charge is -2.26. The van der Waals surface area contributed by atoms with Crippen LogP contribution in [0.3, 0.4) is 0 Å². The van der Waals surface area contributed by atoms with Gasteiger partial charge >= 0.3 is 0 Å². The molecule has 1 saturated carbocycles. The van der Waals surface area contributed by atoms with Crippen molar-refractivity contribution in [1.82, 2.24) is 10.2 Å². The predicted molar refractivity (Wildman–Crippen MR) is 95.0 cm³/mol. The smallest absolute Gasteiger partial charge is 0.228 e. The second-order valence-corrected chi connectivity index (χ2v) is 8.48. The van der Waals surface area contributed by atoms with E-state index in [1.165, 1.54) is 0 Å². The Morgan fingerprint density at radius 2 is 2.28 bits per heavy atom. The summed E-state index contributed by atoms with van der Waals surface area (Å²) in [5.41, 5.74) is 0.865. The number of nitriles is 1.